The van der Waals surface area contributed by atoms with Crippen molar-refractivity contribution < 1.29 is 19.1 Å². The smallest absolute Gasteiger partial charge is 0.323 e. The third-order valence-corrected chi connectivity index (χ3v) is 5.98. The number of para-hydroxylation sites is 1. The Morgan fingerprint density at radius 2 is 1.63 bits per heavy atom. The molecule has 0 unspecified atom stereocenters. The van der Waals surface area contributed by atoms with E-state index in [0.29, 0.717) is 12.8 Å². The summed E-state index contributed by atoms with van der Waals surface area (Å²) in [5, 5.41) is 1.22. The van der Waals surface area contributed by atoms with Crippen LogP contribution in [0.3, 0.4) is 0 Å². The SMILES string of the molecule is COC(=O)C1(C(=O)OC)Cc2cc3c(cc2C1)-c1cccc2ccn(c12)C3. The second-order valence-electron chi connectivity index (χ2n) is 7.38. The van der Waals surface area contributed by atoms with Gasteiger partial charge in [0.1, 0.15) is 0 Å². The zero-order valence-corrected chi connectivity index (χ0v) is 15.2. The Labute approximate surface area is 156 Å². The monoisotopic (exact) mass is 361 g/mol. The Balaban J connectivity index is 1.66. The Morgan fingerprint density at radius 1 is 0.926 bits per heavy atom. The van der Waals surface area contributed by atoms with Crippen molar-refractivity contribution in [2.75, 3.05) is 14.2 Å². The van der Waals surface area contributed by atoms with E-state index < -0.39 is 17.4 Å². The lowest BCUT2D eigenvalue weighted by atomic mass is 9.85. The van der Waals surface area contributed by atoms with Crippen molar-refractivity contribution in [3.05, 3.63) is 59.3 Å². The highest BCUT2D eigenvalue weighted by Crippen LogP contribution is 2.44. The van der Waals surface area contributed by atoms with E-state index in [1.165, 1.54) is 41.8 Å². The van der Waals surface area contributed by atoms with E-state index in [9.17, 15) is 9.59 Å². The van der Waals surface area contributed by atoms with E-state index in [2.05, 4.69) is 47.2 Å². The average Bonchev–Trinajstić information content (AvgIpc) is 3.28. The van der Waals surface area contributed by atoms with Gasteiger partial charge in [0, 0.05) is 23.7 Å². The molecule has 0 fully saturated rings. The number of aromatic nitrogens is 1. The second-order valence-corrected chi connectivity index (χ2v) is 7.38. The van der Waals surface area contributed by atoms with Crippen LogP contribution >= 0.6 is 0 Å². The summed E-state index contributed by atoms with van der Waals surface area (Å²) in [6.07, 6.45) is 2.74. The molecule has 27 heavy (non-hydrogen) atoms. The zero-order chi connectivity index (χ0) is 18.8. The van der Waals surface area contributed by atoms with E-state index in [1.807, 2.05) is 0 Å². The predicted molar refractivity (Wildman–Crippen MR) is 100 cm³/mol. The number of carbonyl (C=O) groups excluding carboxylic acids is 2. The molecule has 0 atom stereocenters. The fourth-order valence-electron chi connectivity index (χ4n) is 4.72. The maximum atomic E-state index is 12.5. The number of ether oxygens (including phenoxy) is 2. The molecule has 0 bridgehead atoms. The molecule has 5 rings (SSSR count). The van der Waals surface area contributed by atoms with Crippen LogP contribution in [-0.2, 0) is 38.4 Å². The van der Waals surface area contributed by atoms with Crippen molar-refractivity contribution in [3.8, 4) is 11.1 Å². The van der Waals surface area contributed by atoms with Gasteiger partial charge < -0.3 is 14.0 Å². The molecule has 1 aromatic heterocycles. The number of hydrogen-bond acceptors (Lipinski definition) is 4. The summed E-state index contributed by atoms with van der Waals surface area (Å²) in [6, 6.07) is 12.7. The largest absolute Gasteiger partial charge is 0.468 e. The van der Waals surface area contributed by atoms with Crippen LogP contribution in [0.1, 0.15) is 16.7 Å². The first-order valence-electron chi connectivity index (χ1n) is 8.97. The van der Waals surface area contributed by atoms with Crippen molar-refractivity contribution in [1.29, 1.82) is 0 Å². The molecule has 0 saturated heterocycles. The number of rotatable bonds is 2. The second kappa shape index (κ2) is 5.46. The summed E-state index contributed by atoms with van der Waals surface area (Å²) >= 11 is 0. The number of methoxy groups -OCH3 is 2. The minimum atomic E-state index is -1.28. The van der Waals surface area contributed by atoms with Crippen LogP contribution in [0.5, 0.6) is 0 Å². The van der Waals surface area contributed by atoms with Gasteiger partial charge in [-0.15, -0.1) is 0 Å². The molecule has 136 valence electrons. The fourth-order valence-corrected chi connectivity index (χ4v) is 4.72. The molecule has 2 heterocycles. The number of hydrogen-bond donors (Lipinski definition) is 0. The summed E-state index contributed by atoms with van der Waals surface area (Å²) in [5.74, 6) is -1.06. The summed E-state index contributed by atoms with van der Waals surface area (Å²) in [5.41, 5.74) is 5.56. The topological polar surface area (TPSA) is 57.5 Å². The quantitative estimate of drug-likeness (QED) is 0.407. The van der Waals surface area contributed by atoms with Crippen LogP contribution in [0.15, 0.2) is 42.6 Å². The maximum absolute atomic E-state index is 12.5. The molecular weight excluding hydrogens is 342 g/mol. The number of benzene rings is 2. The van der Waals surface area contributed by atoms with E-state index >= 15 is 0 Å². The fraction of sp³-hybridized carbons (Fsp3) is 0.273. The number of nitrogens with zero attached hydrogens (tertiary/aromatic N) is 1. The Hall–Kier alpha value is -3.08. The molecule has 0 radical (unpaired) electrons. The normalized spacial score (nSPS) is 15.9. The maximum Gasteiger partial charge on any atom is 0.323 e. The number of esters is 2. The van der Waals surface area contributed by atoms with Crippen LogP contribution < -0.4 is 0 Å². The first-order valence-corrected chi connectivity index (χ1v) is 8.97. The molecule has 0 amide bonds. The number of fused-ring (bicyclic) bond motifs is 3. The molecule has 0 N–H and O–H groups in total. The van der Waals surface area contributed by atoms with Gasteiger partial charge in [0.15, 0.2) is 5.41 Å². The minimum Gasteiger partial charge on any atom is -0.468 e. The highest BCUT2D eigenvalue weighted by molar-refractivity contribution is 6.02. The molecular formula is C22H19NO4. The summed E-state index contributed by atoms with van der Waals surface area (Å²) in [4.78, 5) is 25.0. The van der Waals surface area contributed by atoms with Gasteiger partial charge in [-0.2, -0.15) is 0 Å². The van der Waals surface area contributed by atoms with Crippen molar-refractivity contribution in [2.45, 2.75) is 19.4 Å². The lowest BCUT2D eigenvalue weighted by Gasteiger charge is -2.22. The molecule has 0 spiro atoms. The third-order valence-electron chi connectivity index (χ3n) is 5.98. The van der Waals surface area contributed by atoms with Gasteiger partial charge in [-0.05, 0) is 41.2 Å². The molecule has 0 saturated carbocycles. The van der Waals surface area contributed by atoms with Crippen LogP contribution in [0.4, 0.5) is 0 Å². The van der Waals surface area contributed by atoms with Crippen molar-refractivity contribution >= 4 is 22.8 Å². The predicted octanol–water partition coefficient (Wildman–Crippen LogP) is 3.10. The molecule has 2 aliphatic rings. The van der Waals surface area contributed by atoms with Crippen LogP contribution in [0.25, 0.3) is 22.0 Å². The first-order chi connectivity index (χ1) is 13.1. The van der Waals surface area contributed by atoms with Gasteiger partial charge in [-0.3, -0.25) is 9.59 Å². The molecule has 5 heteroatoms. The van der Waals surface area contributed by atoms with E-state index in [-0.39, 0.29) is 0 Å². The van der Waals surface area contributed by atoms with Crippen LogP contribution in [0, 0.1) is 5.41 Å². The highest BCUT2D eigenvalue weighted by Gasteiger charge is 2.52. The van der Waals surface area contributed by atoms with Gasteiger partial charge in [0.05, 0.1) is 19.7 Å². The summed E-state index contributed by atoms with van der Waals surface area (Å²) in [7, 11) is 2.63. The van der Waals surface area contributed by atoms with Gasteiger partial charge in [0.25, 0.3) is 0 Å². The Bertz CT molecular complexity index is 1110. The number of carbonyl (C=O) groups is 2. The first kappa shape index (κ1) is 16.1. The average molecular weight is 361 g/mol. The summed E-state index contributed by atoms with van der Waals surface area (Å²) < 4.78 is 12.2. The molecule has 1 aliphatic carbocycles. The minimum absolute atomic E-state index is 0.311. The van der Waals surface area contributed by atoms with Crippen molar-refractivity contribution in [3.63, 3.8) is 0 Å². The van der Waals surface area contributed by atoms with E-state index in [0.717, 1.165) is 17.7 Å². The van der Waals surface area contributed by atoms with Crippen LogP contribution in [0.2, 0.25) is 0 Å². The lowest BCUT2D eigenvalue weighted by Crippen LogP contribution is -2.42. The van der Waals surface area contributed by atoms with E-state index in [4.69, 9.17) is 9.47 Å². The molecule has 5 nitrogen and oxygen atoms in total. The van der Waals surface area contributed by atoms with Crippen molar-refractivity contribution in [2.24, 2.45) is 5.41 Å². The van der Waals surface area contributed by atoms with Gasteiger partial charge in [-0.1, -0.05) is 30.3 Å². The van der Waals surface area contributed by atoms with Gasteiger partial charge in [-0.25, -0.2) is 0 Å². The zero-order valence-electron chi connectivity index (χ0n) is 15.2. The molecule has 3 aromatic rings. The third kappa shape index (κ3) is 2.05. The highest BCUT2D eigenvalue weighted by atomic mass is 16.5. The Kier molecular flexibility index (Phi) is 3.26. The molecule has 2 aromatic carbocycles. The van der Waals surface area contributed by atoms with Gasteiger partial charge in [0.2, 0.25) is 0 Å². The lowest BCUT2D eigenvalue weighted by molar-refractivity contribution is -0.168. The van der Waals surface area contributed by atoms with Crippen LogP contribution in [-0.4, -0.2) is 30.7 Å². The van der Waals surface area contributed by atoms with Crippen molar-refractivity contribution in [1.82, 2.24) is 4.57 Å². The van der Waals surface area contributed by atoms with E-state index in [1.54, 1.807) is 0 Å². The van der Waals surface area contributed by atoms with Gasteiger partial charge >= 0.3 is 11.9 Å². The molecule has 1 aliphatic heterocycles. The Morgan fingerprint density at radius 3 is 2.33 bits per heavy atom. The standard InChI is InChI=1S/C22H19NO4/c1-26-20(24)22(21(25)27-2)10-14-8-16-12-23-7-6-13-4-3-5-17(19(13)23)18(16)9-15(14)11-22/h3-9H,10-12H2,1-2H3. The summed E-state index contributed by atoms with van der Waals surface area (Å²) in [6.45, 7) is 0.784.